The van der Waals surface area contributed by atoms with Crippen LogP contribution >= 0.6 is 0 Å². The lowest BCUT2D eigenvalue weighted by molar-refractivity contribution is -0.290. The molecule has 0 aliphatic heterocycles. The first-order valence-electron chi connectivity index (χ1n) is 13.9. The number of aliphatic hydroxyl groups excluding tert-OH is 4. The molecule has 0 aromatic heterocycles. The van der Waals surface area contributed by atoms with Crippen LogP contribution in [0.3, 0.4) is 0 Å². The van der Waals surface area contributed by atoms with Gasteiger partial charge >= 0.3 is 0 Å². The Hall–Kier alpha value is -0.420. The largest absolute Gasteiger partial charge is 0.390 e. The van der Waals surface area contributed by atoms with E-state index in [-0.39, 0.29) is 22.7 Å². The van der Waals surface area contributed by atoms with Gasteiger partial charge in [-0.05, 0) is 83.9 Å². The van der Waals surface area contributed by atoms with Crippen LogP contribution in [0.15, 0.2) is 11.6 Å². The summed E-state index contributed by atoms with van der Waals surface area (Å²) < 4.78 is 0. The summed E-state index contributed by atoms with van der Waals surface area (Å²) in [5, 5.41) is 45.4. The van der Waals surface area contributed by atoms with Gasteiger partial charge in [-0.15, -0.1) is 0 Å². The maximum atomic E-state index is 11.9. The topological polar surface area (TPSA) is 80.9 Å². The van der Waals surface area contributed by atoms with Crippen LogP contribution < -0.4 is 0 Å². The van der Waals surface area contributed by atoms with E-state index in [0.717, 1.165) is 19.3 Å². The van der Waals surface area contributed by atoms with Crippen molar-refractivity contribution in [2.45, 2.75) is 125 Å². The summed E-state index contributed by atoms with van der Waals surface area (Å²) >= 11 is 0. The van der Waals surface area contributed by atoms with Gasteiger partial charge in [0.2, 0.25) is 0 Å². The summed E-state index contributed by atoms with van der Waals surface area (Å²) in [4.78, 5) is 0. The van der Waals surface area contributed by atoms with Gasteiger partial charge < -0.3 is 20.4 Å². The van der Waals surface area contributed by atoms with Gasteiger partial charge in [0, 0.05) is 11.3 Å². The van der Waals surface area contributed by atoms with Crippen LogP contribution in [-0.4, -0.2) is 44.8 Å². The van der Waals surface area contributed by atoms with Gasteiger partial charge in [-0.25, -0.2) is 0 Å². The highest BCUT2D eigenvalue weighted by Gasteiger charge is 2.72. The van der Waals surface area contributed by atoms with Crippen molar-refractivity contribution in [3.8, 4) is 0 Å². The van der Waals surface area contributed by atoms with Crippen LogP contribution in [-0.2, 0) is 0 Å². The lowest BCUT2D eigenvalue weighted by Gasteiger charge is -2.73. The standard InChI is InChI=1S/C30H50O4/c1-25(2)11-12-27(5)13-14-28(6)17(18(27)16-25)15-19(31)22-29(28,7)10-9-20-26(3,4)23(33)21(32)24(34)30(20,22)8/h15,18-24,31-34H,9-14,16H2,1-8H3/t18-,19-,20?,21+,22+,23+,24-,27-,28-,29-,30+/m1/s1. The lowest BCUT2D eigenvalue weighted by Crippen LogP contribution is -2.73. The number of allylic oxidation sites excluding steroid dienone is 1. The second-order valence-electron chi connectivity index (χ2n) is 15.6. The van der Waals surface area contributed by atoms with Crippen LogP contribution in [0.2, 0.25) is 0 Å². The second-order valence-corrected chi connectivity index (χ2v) is 15.6. The predicted molar refractivity (Wildman–Crippen MR) is 135 cm³/mol. The highest BCUT2D eigenvalue weighted by atomic mass is 16.4. The maximum Gasteiger partial charge on any atom is 0.107 e. The first-order valence-corrected chi connectivity index (χ1v) is 13.9. The summed E-state index contributed by atoms with van der Waals surface area (Å²) in [5.41, 5.74) is 0.686. The molecule has 5 aliphatic rings. The van der Waals surface area contributed by atoms with E-state index in [2.05, 4.69) is 47.6 Å². The van der Waals surface area contributed by atoms with Gasteiger partial charge in [0.1, 0.15) is 6.10 Å². The first kappa shape index (κ1) is 25.2. The van der Waals surface area contributed by atoms with Crippen molar-refractivity contribution in [3.05, 3.63) is 11.6 Å². The summed E-state index contributed by atoms with van der Waals surface area (Å²) in [6.45, 7) is 18.3. The summed E-state index contributed by atoms with van der Waals surface area (Å²) in [5.74, 6) is 0.361. The van der Waals surface area contributed by atoms with E-state index in [9.17, 15) is 20.4 Å². The highest BCUT2D eigenvalue weighted by Crippen LogP contribution is 2.75. The molecule has 0 amide bonds. The van der Waals surface area contributed by atoms with Crippen LogP contribution in [0.5, 0.6) is 0 Å². The molecule has 1 unspecified atom stereocenters. The summed E-state index contributed by atoms with van der Waals surface area (Å²) in [6, 6.07) is 0. The Labute approximate surface area is 207 Å². The third-order valence-electron chi connectivity index (χ3n) is 13.1. The zero-order valence-corrected chi connectivity index (χ0v) is 22.9. The Bertz CT molecular complexity index is 892. The molecule has 5 rings (SSSR count). The third-order valence-corrected chi connectivity index (χ3v) is 13.1. The van der Waals surface area contributed by atoms with E-state index in [1.807, 2.05) is 13.8 Å². The molecule has 0 bridgehead atoms. The number of rotatable bonds is 0. The van der Waals surface area contributed by atoms with E-state index < -0.39 is 35.2 Å². The van der Waals surface area contributed by atoms with Gasteiger partial charge in [-0.1, -0.05) is 67.0 Å². The zero-order valence-electron chi connectivity index (χ0n) is 22.9. The molecule has 11 atom stereocenters. The number of aliphatic hydroxyl groups is 4. The Kier molecular flexibility index (Phi) is 5.28. The van der Waals surface area contributed by atoms with Crippen molar-refractivity contribution < 1.29 is 20.4 Å². The monoisotopic (exact) mass is 474 g/mol. The van der Waals surface area contributed by atoms with Gasteiger partial charge in [-0.3, -0.25) is 0 Å². The zero-order chi connectivity index (χ0) is 25.3. The van der Waals surface area contributed by atoms with E-state index in [1.54, 1.807) is 0 Å². The number of fused-ring (bicyclic) bond motifs is 7. The molecular weight excluding hydrogens is 424 g/mol. The molecule has 0 saturated heterocycles. The molecule has 0 aromatic carbocycles. The highest BCUT2D eigenvalue weighted by molar-refractivity contribution is 5.36. The molecule has 4 heteroatoms. The molecule has 4 saturated carbocycles. The molecule has 194 valence electrons. The second kappa shape index (κ2) is 7.11. The molecular formula is C30H50O4. The average Bonchev–Trinajstić information content (AvgIpc) is 2.73. The fourth-order valence-corrected chi connectivity index (χ4v) is 10.7. The molecule has 4 nitrogen and oxygen atoms in total. The van der Waals surface area contributed by atoms with Crippen LogP contribution in [0, 0.1) is 50.2 Å². The molecule has 0 aromatic rings. The molecule has 5 aliphatic carbocycles. The van der Waals surface area contributed by atoms with Crippen molar-refractivity contribution >= 4 is 0 Å². The Morgan fingerprint density at radius 1 is 0.765 bits per heavy atom. The molecule has 0 spiro atoms. The fraction of sp³-hybridized carbons (Fsp3) is 0.933. The van der Waals surface area contributed by atoms with Crippen molar-refractivity contribution in [1.29, 1.82) is 0 Å². The predicted octanol–water partition coefficient (Wildman–Crippen LogP) is 5.08. The smallest absolute Gasteiger partial charge is 0.107 e. The normalized spacial score (nSPS) is 58.0. The number of hydrogen-bond acceptors (Lipinski definition) is 4. The summed E-state index contributed by atoms with van der Waals surface area (Å²) in [7, 11) is 0. The van der Waals surface area contributed by atoms with E-state index in [4.69, 9.17) is 0 Å². The van der Waals surface area contributed by atoms with Gasteiger partial charge in [-0.2, -0.15) is 0 Å². The number of hydrogen-bond donors (Lipinski definition) is 4. The van der Waals surface area contributed by atoms with Gasteiger partial charge in [0.25, 0.3) is 0 Å². The Morgan fingerprint density at radius 3 is 2.03 bits per heavy atom. The van der Waals surface area contributed by atoms with Gasteiger partial charge in [0.15, 0.2) is 0 Å². The fourth-order valence-electron chi connectivity index (χ4n) is 10.7. The maximum absolute atomic E-state index is 11.9. The van der Waals surface area contributed by atoms with Gasteiger partial charge in [0.05, 0.1) is 18.3 Å². The Balaban J connectivity index is 1.66. The Morgan fingerprint density at radius 2 is 1.38 bits per heavy atom. The third kappa shape index (κ3) is 2.86. The van der Waals surface area contributed by atoms with Crippen LogP contribution in [0.25, 0.3) is 0 Å². The molecule has 34 heavy (non-hydrogen) atoms. The minimum Gasteiger partial charge on any atom is -0.390 e. The average molecular weight is 475 g/mol. The van der Waals surface area contributed by atoms with E-state index in [0.29, 0.717) is 16.7 Å². The first-order chi connectivity index (χ1) is 15.5. The minimum atomic E-state index is -1.20. The molecule has 0 radical (unpaired) electrons. The van der Waals surface area contributed by atoms with E-state index in [1.165, 1.54) is 31.3 Å². The van der Waals surface area contributed by atoms with Crippen molar-refractivity contribution in [1.82, 2.24) is 0 Å². The van der Waals surface area contributed by atoms with Crippen molar-refractivity contribution in [3.63, 3.8) is 0 Å². The van der Waals surface area contributed by atoms with Crippen LogP contribution in [0.1, 0.15) is 100 Å². The SMILES string of the molecule is CC1(C)CC[C@]2(C)CC[C@]3(C)C(=C[C@@H](O)[C@@H]4[C@]5(C)C(CC[C@]43C)C(C)(C)[C@@H](O)[C@H](O)[C@H]5O)[C@H]2C1. The quantitative estimate of drug-likeness (QED) is 0.369. The molecule has 0 heterocycles. The van der Waals surface area contributed by atoms with Crippen molar-refractivity contribution in [2.75, 3.05) is 0 Å². The van der Waals surface area contributed by atoms with Crippen LogP contribution in [0.4, 0.5) is 0 Å². The van der Waals surface area contributed by atoms with Crippen molar-refractivity contribution in [2.24, 2.45) is 50.2 Å². The van der Waals surface area contributed by atoms with E-state index >= 15 is 0 Å². The minimum absolute atomic E-state index is 0.0298. The molecule has 4 fully saturated rings. The lowest BCUT2D eigenvalue weighted by atomic mass is 9.32. The summed E-state index contributed by atoms with van der Waals surface area (Å²) in [6.07, 6.45) is 6.27. The molecule has 4 N–H and O–H groups in total.